The minimum Gasteiger partial charge on any atom is -0.480 e. The maximum Gasteiger partial charge on any atom is 0.229 e. The zero-order valence-corrected chi connectivity index (χ0v) is 10.8. The first-order valence-electron chi connectivity index (χ1n) is 5.42. The van der Waals surface area contributed by atoms with Gasteiger partial charge in [-0.25, -0.2) is 0 Å². The highest BCUT2D eigenvalue weighted by Crippen LogP contribution is 2.50. The minimum absolute atomic E-state index is 0.114. The number of aliphatic hydroxyl groups excluding tert-OH is 1. The van der Waals surface area contributed by atoms with Crippen molar-refractivity contribution in [3.63, 3.8) is 0 Å². The van der Waals surface area contributed by atoms with Crippen LogP contribution in [0, 0.1) is 5.41 Å². The molecule has 1 fully saturated rings. The molecule has 0 saturated heterocycles. The van der Waals surface area contributed by atoms with Crippen LogP contribution < -0.4 is 9.64 Å². The molecule has 0 aromatic carbocycles. The van der Waals surface area contributed by atoms with E-state index in [0.717, 1.165) is 29.3 Å². The summed E-state index contributed by atoms with van der Waals surface area (Å²) in [6.07, 6.45) is 3.11. The lowest BCUT2D eigenvalue weighted by Crippen LogP contribution is -2.09. The van der Waals surface area contributed by atoms with Crippen molar-refractivity contribution in [2.75, 3.05) is 32.7 Å². The highest BCUT2D eigenvalue weighted by atomic mass is 32.1. The van der Waals surface area contributed by atoms with Gasteiger partial charge in [0.05, 0.1) is 12.0 Å². The van der Waals surface area contributed by atoms with E-state index in [0.29, 0.717) is 5.88 Å². The summed E-state index contributed by atoms with van der Waals surface area (Å²) in [7, 11) is 5.60. The predicted octanol–water partition coefficient (Wildman–Crippen LogP) is 1.53. The molecule has 1 aromatic heterocycles. The lowest BCUT2D eigenvalue weighted by atomic mass is 10.0. The Balaban J connectivity index is 2.19. The molecular formula is C11H18N2O2S. The molecule has 0 amide bonds. The summed E-state index contributed by atoms with van der Waals surface area (Å²) in [5.41, 5.74) is 0.114. The van der Waals surface area contributed by atoms with E-state index in [1.54, 1.807) is 18.4 Å². The van der Waals surface area contributed by atoms with Crippen LogP contribution in [0.2, 0.25) is 0 Å². The summed E-state index contributed by atoms with van der Waals surface area (Å²) in [5, 5.41) is 10.3. The Kier molecular flexibility index (Phi) is 3.08. The largest absolute Gasteiger partial charge is 0.480 e. The number of aliphatic hydroxyl groups is 1. The number of ether oxygens (including phenoxy) is 1. The summed E-state index contributed by atoms with van der Waals surface area (Å²) in [6, 6.07) is 0. The van der Waals surface area contributed by atoms with Gasteiger partial charge in [-0.2, -0.15) is 4.98 Å². The van der Waals surface area contributed by atoms with E-state index in [-0.39, 0.29) is 12.0 Å². The van der Waals surface area contributed by atoms with Gasteiger partial charge in [-0.1, -0.05) is 11.3 Å². The average molecular weight is 242 g/mol. The maximum atomic E-state index is 9.33. The molecule has 0 bridgehead atoms. The summed E-state index contributed by atoms with van der Waals surface area (Å²) in [6.45, 7) is 0.269. The van der Waals surface area contributed by atoms with Crippen LogP contribution >= 0.6 is 11.3 Å². The molecule has 4 nitrogen and oxygen atoms in total. The average Bonchev–Trinajstić information content (AvgIpc) is 2.91. The lowest BCUT2D eigenvalue weighted by molar-refractivity contribution is 0.210. The molecule has 0 atom stereocenters. The molecule has 0 aliphatic heterocycles. The van der Waals surface area contributed by atoms with Gasteiger partial charge in [0.1, 0.15) is 0 Å². The fourth-order valence-corrected chi connectivity index (χ4v) is 2.82. The Morgan fingerprint density at radius 3 is 2.62 bits per heavy atom. The molecular weight excluding hydrogens is 224 g/mol. The van der Waals surface area contributed by atoms with E-state index in [1.165, 1.54) is 0 Å². The third kappa shape index (κ3) is 2.15. The van der Waals surface area contributed by atoms with Crippen molar-refractivity contribution in [1.82, 2.24) is 4.98 Å². The molecule has 1 aliphatic carbocycles. The molecule has 1 heterocycles. The third-order valence-corrected chi connectivity index (χ3v) is 4.26. The lowest BCUT2D eigenvalue weighted by Gasteiger charge is -2.09. The molecule has 90 valence electrons. The number of aromatic nitrogens is 1. The van der Waals surface area contributed by atoms with Crippen molar-refractivity contribution in [2.24, 2.45) is 5.41 Å². The predicted molar refractivity (Wildman–Crippen MR) is 65.4 cm³/mol. The standard InChI is InChI=1S/C11H18N2O2S/c1-13(2)10-12-9(15-3)8(16-10)6-11(7-14)4-5-11/h14H,4-7H2,1-3H3. The van der Waals surface area contributed by atoms with Gasteiger partial charge in [0.15, 0.2) is 5.13 Å². The Bertz CT molecular complexity index is 372. The van der Waals surface area contributed by atoms with Crippen LogP contribution in [-0.4, -0.2) is 37.9 Å². The van der Waals surface area contributed by atoms with Crippen molar-refractivity contribution in [3.05, 3.63) is 4.88 Å². The first-order chi connectivity index (χ1) is 7.60. The van der Waals surface area contributed by atoms with E-state index in [4.69, 9.17) is 4.74 Å². The molecule has 5 heteroatoms. The first kappa shape index (κ1) is 11.7. The SMILES string of the molecule is COc1nc(N(C)C)sc1CC1(CO)CC1. The number of hydrogen-bond acceptors (Lipinski definition) is 5. The van der Waals surface area contributed by atoms with Crippen LogP contribution in [0.4, 0.5) is 5.13 Å². The second-order valence-electron chi connectivity index (χ2n) is 4.66. The molecule has 0 spiro atoms. The van der Waals surface area contributed by atoms with Gasteiger partial charge in [-0.05, 0) is 24.7 Å². The molecule has 1 N–H and O–H groups in total. The van der Waals surface area contributed by atoms with E-state index >= 15 is 0 Å². The van der Waals surface area contributed by atoms with Crippen molar-refractivity contribution in [1.29, 1.82) is 0 Å². The maximum absolute atomic E-state index is 9.33. The smallest absolute Gasteiger partial charge is 0.229 e. The molecule has 0 unspecified atom stereocenters. The van der Waals surface area contributed by atoms with Crippen LogP contribution in [0.3, 0.4) is 0 Å². The van der Waals surface area contributed by atoms with E-state index in [1.807, 2.05) is 19.0 Å². The normalized spacial score (nSPS) is 17.2. The number of thiazole rings is 1. The van der Waals surface area contributed by atoms with Crippen LogP contribution in [0.5, 0.6) is 5.88 Å². The quantitative estimate of drug-likeness (QED) is 0.850. The molecule has 2 rings (SSSR count). The number of nitrogens with zero attached hydrogens (tertiary/aromatic N) is 2. The fraction of sp³-hybridized carbons (Fsp3) is 0.727. The van der Waals surface area contributed by atoms with Crippen LogP contribution in [-0.2, 0) is 6.42 Å². The van der Waals surface area contributed by atoms with E-state index in [9.17, 15) is 5.11 Å². The van der Waals surface area contributed by atoms with Crippen LogP contribution in [0.25, 0.3) is 0 Å². The molecule has 1 aliphatic rings. The van der Waals surface area contributed by atoms with Crippen LogP contribution in [0.15, 0.2) is 0 Å². The highest BCUT2D eigenvalue weighted by Gasteiger charge is 2.43. The van der Waals surface area contributed by atoms with Gasteiger partial charge in [-0.3, -0.25) is 0 Å². The molecule has 0 radical (unpaired) electrons. The van der Waals surface area contributed by atoms with Gasteiger partial charge in [0, 0.05) is 20.7 Å². The van der Waals surface area contributed by atoms with Crippen molar-refractivity contribution in [3.8, 4) is 5.88 Å². The zero-order valence-electron chi connectivity index (χ0n) is 9.99. The Hall–Kier alpha value is -0.810. The van der Waals surface area contributed by atoms with Crippen molar-refractivity contribution >= 4 is 16.5 Å². The number of rotatable bonds is 5. The fourth-order valence-electron chi connectivity index (χ4n) is 1.70. The van der Waals surface area contributed by atoms with Gasteiger partial charge in [0.25, 0.3) is 0 Å². The van der Waals surface area contributed by atoms with Gasteiger partial charge >= 0.3 is 0 Å². The number of anilines is 1. The second-order valence-corrected chi connectivity index (χ2v) is 5.72. The Morgan fingerprint density at radius 1 is 1.50 bits per heavy atom. The number of methoxy groups -OCH3 is 1. The van der Waals surface area contributed by atoms with Gasteiger partial charge in [-0.15, -0.1) is 0 Å². The Labute approximate surface area is 99.9 Å². The number of hydrogen-bond donors (Lipinski definition) is 1. The molecule has 1 aromatic rings. The summed E-state index contributed by atoms with van der Waals surface area (Å²) in [4.78, 5) is 7.55. The topological polar surface area (TPSA) is 45.6 Å². The van der Waals surface area contributed by atoms with Crippen molar-refractivity contribution in [2.45, 2.75) is 19.3 Å². The summed E-state index contributed by atoms with van der Waals surface area (Å²) in [5.74, 6) is 0.716. The first-order valence-corrected chi connectivity index (χ1v) is 6.24. The zero-order chi connectivity index (χ0) is 11.8. The van der Waals surface area contributed by atoms with Crippen molar-refractivity contribution < 1.29 is 9.84 Å². The highest BCUT2D eigenvalue weighted by molar-refractivity contribution is 7.15. The molecule has 16 heavy (non-hydrogen) atoms. The van der Waals surface area contributed by atoms with Gasteiger partial charge in [0.2, 0.25) is 5.88 Å². The third-order valence-electron chi connectivity index (χ3n) is 3.05. The molecule has 1 saturated carbocycles. The minimum atomic E-state index is 0.114. The summed E-state index contributed by atoms with van der Waals surface area (Å²) >= 11 is 1.65. The van der Waals surface area contributed by atoms with Crippen LogP contribution in [0.1, 0.15) is 17.7 Å². The van der Waals surface area contributed by atoms with E-state index in [2.05, 4.69) is 4.98 Å². The summed E-state index contributed by atoms with van der Waals surface area (Å²) < 4.78 is 5.29. The van der Waals surface area contributed by atoms with E-state index < -0.39 is 0 Å². The monoisotopic (exact) mass is 242 g/mol. The van der Waals surface area contributed by atoms with Gasteiger partial charge < -0.3 is 14.7 Å². The Morgan fingerprint density at radius 2 is 2.19 bits per heavy atom. The second kappa shape index (κ2) is 4.22.